The summed E-state index contributed by atoms with van der Waals surface area (Å²) in [4.78, 5) is 14.1. The normalized spacial score (nSPS) is 13.4. The minimum absolute atomic E-state index is 0.200. The van der Waals surface area contributed by atoms with Crippen molar-refractivity contribution >= 4 is 6.29 Å². The SMILES string of the molecule is CN(CCOCc1ccccc1)C(COCc1ccccc1)C(OCc1ccccc1)C(CC=O)OCc1ccccc1. The van der Waals surface area contributed by atoms with Crippen molar-refractivity contribution in [2.75, 3.05) is 26.8 Å². The molecule has 0 aromatic heterocycles. The Morgan fingerprint density at radius 1 is 0.605 bits per heavy atom. The van der Waals surface area contributed by atoms with Crippen LogP contribution in [0.4, 0.5) is 0 Å². The summed E-state index contributed by atoms with van der Waals surface area (Å²) in [5, 5.41) is 0. The van der Waals surface area contributed by atoms with E-state index in [0.717, 1.165) is 28.5 Å². The van der Waals surface area contributed by atoms with Gasteiger partial charge in [-0.15, -0.1) is 0 Å². The van der Waals surface area contributed by atoms with E-state index < -0.39 is 12.2 Å². The topological polar surface area (TPSA) is 57.2 Å². The van der Waals surface area contributed by atoms with Crippen LogP contribution >= 0.6 is 0 Å². The summed E-state index contributed by atoms with van der Waals surface area (Å²) in [6.45, 7) is 3.39. The molecule has 3 atom stereocenters. The summed E-state index contributed by atoms with van der Waals surface area (Å²) in [6, 6.07) is 40.1. The summed E-state index contributed by atoms with van der Waals surface area (Å²) < 4.78 is 25.4. The van der Waals surface area contributed by atoms with Gasteiger partial charge in [0.05, 0.1) is 51.8 Å². The van der Waals surface area contributed by atoms with E-state index in [0.29, 0.717) is 46.2 Å². The van der Waals surface area contributed by atoms with Gasteiger partial charge in [-0.1, -0.05) is 121 Å². The Labute approximate surface area is 256 Å². The summed E-state index contributed by atoms with van der Waals surface area (Å²) in [7, 11) is 2.05. The highest BCUT2D eigenvalue weighted by molar-refractivity contribution is 5.50. The van der Waals surface area contributed by atoms with Crippen molar-refractivity contribution in [3.8, 4) is 0 Å². The molecule has 43 heavy (non-hydrogen) atoms. The van der Waals surface area contributed by atoms with E-state index in [4.69, 9.17) is 18.9 Å². The third-order valence-electron chi connectivity index (χ3n) is 7.33. The maximum Gasteiger partial charge on any atom is 0.122 e. The van der Waals surface area contributed by atoms with Crippen LogP contribution in [0.1, 0.15) is 28.7 Å². The van der Waals surface area contributed by atoms with Crippen molar-refractivity contribution in [2.45, 2.75) is 51.1 Å². The molecular formula is C37H43NO5. The lowest BCUT2D eigenvalue weighted by atomic mass is 10.0. The van der Waals surface area contributed by atoms with Crippen molar-refractivity contribution in [3.63, 3.8) is 0 Å². The number of ether oxygens (including phenoxy) is 4. The monoisotopic (exact) mass is 581 g/mol. The zero-order valence-electron chi connectivity index (χ0n) is 25.0. The zero-order valence-corrected chi connectivity index (χ0v) is 25.0. The fourth-order valence-electron chi connectivity index (χ4n) is 4.89. The molecule has 0 saturated heterocycles. The first kappa shape index (κ1) is 32.3. The van der Waals surface area contributed by atoms with E-state index in [1.54, 1.807) is 0 Å². The Morgan fingerprint density at radius 2 is 1.05 bits per heavy atom. The van der Waals surface area contributed by atoms with Gasteiger partial charge in [-0.3, -0.25) is 4.90 Å². The fourth-order valence-corrected chi connectivity index (χ4v) is 4.89. The first-order valence-electron chi connectivity index (χ1n) is 14.9. The minimum atomic E-state index is -0.473. The van der Waals surface area contributed by atoms with Crippen LogP contribution in [0, 0.1) is 0 Å². The Kier molecular flexibility index (Phi) is 14.1. The van der Waals surface area contributed by atoms with Crippen molar-refractivity contribution < 1.29 is 23.7 Å². The Balaban J connectivity index is 1.51. The van der Waals surface area contributed by atoms with Crippen LogP contribution in [0.25, 0.3) is 0 Å². The van der Waals surface area contributed by atoms with Crippen molar-refractivity contribution in [3.05, 3.63) is 144 Å². The Morgan fingerprint density at radius 3 is 1.53 bits per heavy atom. The van der Waals surface area contributed by atoms with Crippen LogP contribution in [0.5, 0.6) is 0 Å². The maximum atomic E-state index is 11.9. The summed E-state index contributed by atoms with van der Waals surface area (Å²) in [5.74, 6) is 0. The molecule has 0 saturated carbocycles. The number of likely N-dealkylation sites (N-methyl/N-ethyl adjacent to an activating group) is 1. The van der Waals surface area contributed by atoms with Gasteiger partial charge in [0.1, 0.15) is 12.4 Å². The Hall–Kier alpha value is -3.65. The van der Waals surface area contributed by atoms with Gasteiger partial charge >= 0.3 is 0 Å². The molecule has 0 heterocycles. The third-order valence-corrected chi connectivity index (χ3v) is 7.33. The van der Waals surface area contributed by atoms with Crippen molar-refractivity contribution in [1.82, 2.24) is 4.90 Å². The number of carbonyl (C=O) groups excluding carboxylic acids is 1. The quantitative estimate of drug-likeness (QED) is 0.0880. The second-order valence-electron chi connectivity index (χ2n) is 10.6. The highest BCUT2D eigenvalue weighted by Crippen LogP contribution is 2.21. The predicted octanol–water partition coefficient (Wildman–Crippen LogP) is 6.48. The molecule has 4 rings (SSSR count). The van der Waals surface area contributed by atoms with Gasteiger partial charge in [0.15, 0.2) is 0 Å². The van der Waals surface area contributed by atoms with Gasteiger partial charge in [0.25, 0.3) is 0 Å². The van der Waals surface area contributed by atoms with Gasteiger partial charge in [-0.05, 0) is 29.3 Å². The Bertz CT molecular complexity index is 1270. The van der Waals surface area contributed by atoms with Crippen molar-refractivity contribution in [2.24, 2.45) is 0 Å². The van der Waals surface area contributed by atoms with Gasteiger partial charge < -0.3 is 23.7 Å². The molecule has 0 aliphatic rings. The van der Waals surface area contributed by atoms with Crippen LogP contribution in [-0.4, -0.2) is 56.2 Å². The largest absolute Gasteiger partial charge is 0.375 e. The van der Waals surface area contributed by atoms with Gasteiger partial charge in [0.2, 0.25) is 0 Å². The lowest BCUT2D eigenvalue weighted by Crippen LogP contribution is -2.52. The van der Waals surface area contributed by atoms with Crippen LogP contribution in [0.15, 0.2) is 121 Å². The van der Waals surface area contributed by atoms with E-state index in [1.807, 2.05) is 97.1 Å². The number of rotatable bonds is 20. The summed E-state index contributed by atoms with van der Waals surface area (Å²) >= 11 is 0. The molecule has 0 fully saturated rings. The molecule has 226 valence electrons. The number of carbonyl (C=O) groups is 1. The van der Waals surface area contributed by atoms with E-state index in [2.05, 4.69) is 36.2 Å². The second-order valence-corrected chi connectivity index (χ2v) is 10.6. The maximum absolute atomic E-state index is 11.9. The molecule has 6 heteroatoms. The first-order chi connectivity index (χ1) is 21.2. The van der Waals surface area contributed by atoms with E-state index in [9.17, 15) is 4.79 Å². The average Bonchev–Trinajstić information content (AvgIpc) is 3.06. The van der Waals surface area contributed by atoms with Gasteiger partial charge in [0, 0.05) is 13.0 Å². The van der Waals surface area contributed by atoms with Crippen LogP contribution in [0.2, 0.25) is 0 Å². The van der Waals surface area contributed by atoms with Gasteiger partial charge in [-0.2, -0.15) is 0 Å². The highest BCUT2D eigenvalue weighted by atomic mass is 16.5. The van der Waals surface area contributed by atoms with Crippen molar-refractivity contribution in [1.29, 1.82) is 0 Å². The lowest BCUT2D eigenvalue weighted by molar-refractivity contribution is -0.138. The molecule has 0 radical (unpaired) electrons. The molecule has 0 amide bonds. The third kappa shape index (κ3) is 11.5. The van der Waals surface area contributed by atoms with Crippen LogP contribution < -0.4 is 0 Å². The number of hydrogen-bond donors (Lipinski definition) is 0. The smallest absolute Gasteiger partial charge is 0.122 e. The second kappa shape index (κ2) is 18.8. The molecular weight excluding hydrogens is 538 g/mol. The van der Waals surface area contributed by atoms with E-state index >= 15 is 0 Å². The number of benzene rings is 4. The van der Waals surface area contributed by atoms with Crippen LogP contribution in [0.3, 0.4) is 0 Å². The molecule has 0 aliphatic carbocycles. The molecule has 0 aliphatic heterocycles. The fraction of sp³-hybridized carbons (Fsp3) is 0.324. The molecule has 0 N–H and O–H groups in total. The number of aldehydes is 1. The first-order valence-corrected chi connectivity index (χ1v) is 14.9. The number of nitrogens with zero attached hydrogens (tertiary/aromatic N) is 1. The highest BCUT2D eigenvalue weighted by Gasteiger charge is 2.34. The zero-order chi connectivity index (χ0) is 30.0. The minimum Gasteiger partial charge on any atom is -0.375 e. The standard InChI is InChI=1S/C37H43NO5/c1-38(23-25-40-26-31-14-6-2-7-15-31)35(30-41-27-32-16-8-3-9-17-32)37(43-29-34-20-12-5-13-21-34)36(22-24-39)42-28-33-18-10-4-11-19-33/h2-21,24,35-37H,22-23,25-30H2,1H3. The molecule has 4 aromatic carbocycles. The van der Waals surface area contributed by atoms with E-state index in [-0.39, 0.29) is 12.5 Å². The molecule has 4 aromatic rings. The van der Waals surface area contributed by atoms with E-state index in [1.165, 1.54) is 0 Å². The summed E-state index contributed by atoms with van der Waals surface area (Å²) in [5.41, 5.74) is 4.33. The summed E-state index contributed by atoms with van der Waals surface area (Å²) in [6.07, 6.45) is 0.211. The predicted molar refractivity (Wildman–Crippen MR) is 169 cm³/mol. The molecule has 3 unspecified atom stereocenters. The molecule has 6 nitrogen and oxygen atoms in total. The number of hydrogen-bond acceptors (Lipinski definition) is 6. The molecule has 0 bridgehead atoms. The average molecular weight is 582 g/mol. The lowest BCUT2D eigenvalue weighted by Gasteiger charge is -2.38. The van der Waals surface area contributed by atoms with Gasteiger partial charge in [-0.25, -0.2) is 0 Å². The van der Waals surface area contributed by atoms with Crippen LogP contribution in [-0.2, 0) is 50.2 Å². The molecule has 0 spiro atoms.